The lowest BCUT2D eigenvalue weighted by Gasteiger charge is -2.19. The number of thiophene rings is 1. The number of nitrogens with one attached hydrogen (secondary N) is 1. The van der Waals surface area contributed by atoms with Crippen molar-refractivity contribution in [3.05, 3.63) is 45.9 Å². The number of ketones is 1. The zero-order valence-corrected chi connectivity index (χ0v) is 14.6. The number of aliphatic hydroxyl groups excluding tert-OH is 1. The highest BCUT2D eigenvalue weighted by Crippen LogP contribution is 2.23. The van der Waals surface area contributed by atoms with Crippen LogP contribution in [0.15, 0.2) is 29.1 Å². The molecule has 6 nitrogen and oxygen atoms in total. The summed E-state index contributed by atoms with van der Waals surface area (Å²) in [4.78, 5) is 28.2. The summed E-state index contributed by atoms with van der Waals surface area (Å²) in [6.07, 6.45) is 1.04. The van der Waals surface area contributed by atoms with Crippen molar-refractivity contribution in [1.82, 2.24) is 4.98 Å². The van der Waals surface area contributed by atoms with Gasteiger partial charge >= 0.3 is 6.09 Å². The van der Waals surface area contributed by atoms with Gasteiger partial charge in [-0.05, 0) is 43.3 Å². The van der Waals surface area contributed by atoms with Crippen LogP contribution in [0.1, 0.15) is 42.4 Å². The summed E-state index contributed by atoms with van der Waals surface area (Å²) in [5.41, 5.74) is 1.66. The van der Waals surface area contributed by atoms with Crippen molar-refractivity contribution in [2.24, 2.45) is 0 Å². The Morgan fingerprint density at radius 2 is 2.04 bits per heavy atom. The minimum absolute atomic E-state index is 0.115. The molecule has 0 radical (unpaired) electrons. The van der Waals surface area contributed by atoms with Gasteiger partial charge in [-0.3, -0.25) is 15.1 Å². The van der Waals surface area contributed by atoms with E-state index in [0.29, 0.717) is 22.5 Å². The maximum atomic E-state index is 12.3. The minimum Gasteiger partial charge on any atom is -0.444 e. The molecule has 2 heterocycles. The van der Waals surface area contributed by atoms with Crippen LogP contribution in [0.4, 0.5) is 10.5 Å². The number of carbonyl (C=O) groups excluding carboxylic acids is 2. The first-order valence-electron chi connectivity index (χ1n) is 7.42. The van der Waals surface area contributed by atoms with Crippen LogP contribution in [0, 0.1) is 0 Å². The van der Waals surface area contributed by atoms with Gasteiger partial charge in [-0.25, -0.2) is 4.79 Å². The molecular weight excluding hydrogens is 328 g/mol. The largest absolute Gasteiger partial charge is 0.444 e. The van der Waals surface area contributed by atoms with Crippen molar-refractivity contribution < 1.29 is 19.4 Å². The molecular formula is C17H20N2O4S. The summed E-state index contributed by atoms with van der Waals surface area (Å²) < 4.78 is 5.21. The van der Waals surface area contributed by atoms with Crippen LogP contribution in [0.5, 0.6) is 0 Å². The second kappa shape index (κ2) is 7.55. The molecule has 2 N–H and O–H groups in total. The summed E-state index contributed by atoms with van der Waals surface area (Å²) in [5, 5.41) is 15.2. The van der Waals surface area contributed by atoms with E-state index in [1.807, 2.05) is 5.38 Å². The molecule has 2 aromatic rings. The van der Waals surface area contributed by atoms with Gasteiger partial charge in [0.05, 0.1) is 12.3 Å². The number of Topliss-reactive ketones (excluding diaryl/α,β-unsaturated/α-hetero) is 1. The number of nitrogens with zero attached hydrogens (tertiary/aromatic N) is 1. The number of hydrogen-bond acceptors (Lipinski definition) is 6. The van der Waals surface area contributed by atoms with Gasteiger partial charge in [0.25, 0.3) is 0 Å². The van der Waals surface area contributed by atoms with Crippen molar-refractivity contribution in [2.45, 2.75) is 39.4 Å². The van der Waals surface area contributed by atoms with Crippen molar-refractivity contribution in [3.8, 4) is 0 Å². The molecule has 1 amide bonds. The number of carbonyl (C=O) groups is 2. The third-order valence-electron chi connectivity index (χ3n) is 3.02. The van der Waals surface area contributed by atoms with Crippen molar-refractivity contribution in [2.75, 3.05) is 5.32 Å². The molecule has 0 spiro atoms. The summed E-state index contributed by atoms with van der Waals surface area (Å²) >= 11 is 1.39. The second-order valence-electron chi connectivity index (χ2n) is 6.25. The fourth-order valence-corrected chi connectivity index (χ4v) is 2.72. The zero-order valence-electron chi connectivity index (χ0n) is 13.8. The van der Waals surface area contributed by atoms with E-state index in [4.69, 9.17) is 9.84 Å². The van der Waals surface area contributed by atoms with Crippen molar-refractivity contribution in [3.63, 3.8) is 0 Å². The average molecular weight is 348 g/mol. The van der Waals surface area contributed by atoms with E-state index in [0.717, 1.165) is 0 Å². The summed E-state index contributed by atoms with van der Waals surface area (Å²) in [6, 6.07) is 3.24. The molecule has 2 rings (SSSR count). The molecule has 0 bridgehead atoms. The first-order chi connectivity index (χ1) is 11.3. The Morgan fingerprint density at radius 3 is 2.62 bits per heavy atom. The van der Waals surface area contributed by atoms with E-state index in [2.05, 4.69) is 10.3 Å². The maximum absolute atomic E-state index is 12.3. The van der Waals surface area contributed by atoms with E-state index in [9.17, 15) is 9.59 Å². The highest BCUT2D eigenvalue weighted by molar-refractivity contribution is 7.08. The molecule has 128 valence electrons. The Bertz CT molecular complexity index is 717. The van der Waals surface area contributed by atoms with Gasteiger partial charge in [0, 0.05) is 18.0 Å². The molecule has 2 aromatic heterocycles. The molecule has 0 saturated heterocycles. The molecule has 7 heteroatoms. The number of ether oxygens (including phenoxy) is 1. The third kappa shape index (κ3) is 5.14. The van der Waals surface area contributed by atoms with Crippen LogP contribution in [-0.2, 0) is 17.8 Å². The molecule has 0 unspecified atom stereocenters. The maximum Gasteiger partial charge on any atom is 0.412 e. The topological polar surface area (TPSA) is 88.5 Å². The number of amides is 1. The molecule has 0 atom stereocenters. The van der Waals surface area contributed by atoms with E-state index in [1.54, 1.807) is 38.3 Å². The summed E-state index contributed by atoms with van der Waals surface area (Å²) in [5.74, 6) is -0.162. The monoisotopic (exact) mass is 348 g/mol. The van der Waals surface area contributed by atoms with E-state index < -0.39 is 11.7 Å². The molecule has 0 saturated carbocycles. The van der Waals surface area contributed by atoms with Gasteiger partial charge < -0.3 is 9.84 Å². The van der Waals surface area contributed by atoms with Crippen LogP contribution in [0.2, 0.25) is 0 Å². The molecule has 0 aliphatic heterocycles. The average Bonchev–Trinajstić information content (AvgIpc) is 2.92. The standard InChI is InChI=1S/C17H20N2O4S/c1-17(2,3)23-16(22)19-14-10-24-9-12(14)6-15(21)13-5-4-11(8-20)7-18-13/h4-5,7,9-10,20H,6,8H2,1-3H3,(H,19,22). The zero-order chi connectivity index (χ0) is 17.7. The number of aromatic nitrogens is 1. The first-order valence-corrected chi connectivity index (χ1v) is 8.37. The molecule has 0 aliphatic carbocycles. The predicted molar refractivity (Wildman–Crippen MR) is 92.4 cm³/mol. The van der Waals surface area contributed by atoms with Gasteiger partial charge in [-0.15, -0.1) is 11.3 Å². The van der Waals surface area contributed by atoms with Crippen LogP contribution in [0.3, 0.4) is 0 Å². The fraction of sp³-hybridized carbons (Fsp3) is 0.353. The Kier molecular flexibility index (Phi) is 5.69. The van der Waals surface area contributed by atoms with Gasteiger partial charge in [0.15, 0.2) is 5.78 Å². The summed E-state index contributed by atoms with van der Waals surface area (Å²) in [6.45, 7) is 5.24. The Labute approximate surface area is 144 Å². The Morgan fingerprint density at radius 1 is 1.29 bits per heavy atom. The van der Waals surface area contributed by atoms with Crippen LogP contribution >= 0.6 is 11.3 Å². The fourth-order valence-electron chi connectivity index (χ4n) is 1.93. The Hall–Kier alpha value is -2.25. The minimum atomic E-state index is -0.589. The van der Waals surface area contributed by atoms with E-state index >= 15 is 0 Å². The number of hydrogen-bond donors (Lipinski definition) is 2. The molecule has 0 fully saturated rings. The SMILES string of the molecule is CC(C)(C)OC(=O)Nc1cscc1CC(=O)c1ccc(CO)cn1. The highest BCUT2D eigenvalue weighted by Gasteiger charge is 2.19. The number of rotatable bonds is 5. The van der Waals surface area contributed by atoms with Crippen molar-refractivity contribution in [1.29, 1.82) is 0 Å². The van der Waals surface area contributed by atoms with E-state index in [-0.39, 0.29) is 18.8 Å². The molecule has 0 aromatic carbocycles. The number of aliphatic hydroxyl groups is 1. The lowest BCUT2D eigenvalue weighted by atomic mass is 10.1. The van der Waals surface area contributed by atoms with Gasteiger partial charge in [0.2, 0.25) is 0 Å². The first kappa shape index (κ1) is 18.1. The smallest absolute Gasteiger partial charge is 0.412 e. The van der Waals surface area contributed by atoms with Gasteiger partial charge in [-0.2, -0.15) is 0 Å². The van der Waals surface area contributed by atoms with Gasteiger partial charge in [0.1, 0.15) is 11.3 Å². The van der Waals surface area contributed by atoms with Gasteiger partial charge in [-0.1, -0.05) is 6.07 Å². The number of anilines is 1. The summed E-state index contributed by atoms with van der Waals surface area (Å²) in [7, 11) is 0. The van der Waals surface area contributed by atoms with Crippen LogP contribution in [0.25, 0.3) is 0 Å². The number of pyridine rings is 1. The third-order valence-corrected chi connectivity index (χ3v) is 3.81. The van der Waals surface area contributed by atoms with Crippen LogP contribution in [-0.4, -0.2) is 27.6 Å². The molecule has 24 heavy (non-hydrogen) atoms. The second-order valence-corrected chi connectivity index (χ2v) is 6.99. The normalized spacial score (nSPS) is 11.2. The predicted octanol–water partition coefficient (Wildman–Crippen LogP) is 3.41. The lowest BCUT2D eigenvalue weighted by molar-refractivity contribution is 0.0635. The highest BCUT2D eigenvalue weighted by atomic mass is 32.1. The molecule has 0 aliphatic rings. The van der Waals surface area contributed by atoms with Crippen molar-refractivity contribution >= 4 is 28.9 Å². The lowest BCUT2D eigenvalue weighted by Crippen LogP contribution is -2.27. The van der Waals surface area contributed by atoms with E-state index in [1.165, 1.54) is 17.5 Å². The quantitative estimate of drug-likeness (QED) is 0.809. The van der Waals surface area contributed by atoms with Crippen LogP contribution < -0.4 is 5.32 Å². The Balaban J connectivity index is 2.04.